The zero-order chi connectivity index (χ0) is 11.3. The van der Waals surface area contributed by atoms with E-state index in [1.807, 2.05) is 0 Å². The Labute approximate surface area is 89.9 Å². The van der Waals surface area contributed by atoms with Crippen molar-refractivity contribution in [1.82, 2.24) is 4.90 Å². The molecule has 0 bridgehead atoms. The Bertz CT molecular complexity index is 143. The van der Waals surface area contributed by atoms with Gasteiger partial charge in [0.25, 0.3) is 0 Å². The second-order valence-electron chi connectivity index (χ2n) is 5.00. The van der Waals surface area contributed by atoms with Crippen LogP contribution in [0.15, 0.2) is 0 Å². The minimum Gasteiger partial charge on any atom is -0.326 e. The van der Waals surface area contributed by atoms with Crippen molar-refractivity contribution in [2.75, 3.05) is 6.54 Å². The summed E-state index contributed by atoms with van der Waals surface area (Å²) in [6, 6.07) is 1.38. The molecule has 86 valence electrons. The molecule has 2 atom stereocenters. The normalized spacial score (nSPS) is 16.7. The van der Waals surface area contributed by atoms with Gasteiger partial charge in [0.05, 0.1) is 0 Å². The molecule has 0 fully saturated rings. The van der Waals surface area contributed by atoms with Gasteiger partial charge in [-0.25, -0.2) is 0 Å². The van der Waals surface area contributed by atoms with Crippen LogP contribution in [0, 0.1) is 5.92 Å². The minimum absolute atomic E-state index is 0.302. The average molecular weight is 200 g/mol. The summed E-state index contributed by atoms with van der Waals surface area (Å²) < 4.78 is 0. The summed E-state index contributed by atoms with van der Waals surface area (Å²) in [6.45, 7) is 14.6. The Morgan fingerprint density at radius 1 is 1.07 bits per heavy atom. The van der Waals surface area contributed by atoms with E-state index < -0.39 is 0 Å². The molecule has 0 aliphatic heterocycles. The lowest BCUT2D eigenvalue weighted by molar-refractivity contribution is 0.125. The molecule has 2 N–H and O–H groups in total. The molecule has 0 amide bonds. The molecule has 14 heavy (non-hydrogen) atoms. The second kappa shape index (κ2) is 6.41. The smallest absolute Gasteiger partial charge is 0.0221 e. The lowest BCUT2D eigenvalue weighted by Gasteiger charge is -2.37. The van der Waals surface area contributed by atoms with E-state index in [0.717, 1.165) is 13.0 Å². The second-order valence-corrected chi connectivity index (χ2v) is 5.00. The molecular formula is C12H28N2. The van der Waals surface area contributed by atoms with E-state index in [2.05, 4.69) is 46.4 Å². The molecule has 0 aromatic heterocycles. The van der Waals surface area contributed by atoms with Gasteiger partial charge in [0.2, 0.25) is 0 Å². The molecule has 2 unspecified atom stereocenters. The first kappa shape index (κ1) is 13.9. The van der Waals surface area contributed by atoms with Crippen LogP contribution in [0.4, 0.5) is 0 Å². The monoisotopic (exact) mass is 200 g/mol. The van der Waals surface area contributed by atoms with Crippen LogP contribution in [-0.2, 0) is 0 Å². The molecule has 0 heterocycles. The highest BCUT2D eigenvalue weighted by Gasteiger charge is 2.22. The first-order valence-corrected chi connectivity index (χ1v) is 5.91. The Morgan fingerprint density at radius 3 is 1.86 bits per heavy atom. The van der Waals surface area contributed by atoms with Crippen LogP contribution in [0.1, 0.15) is 48.0 Å². The van der Waals surface area contributed by atoms with E-state index in [-0.39, 0.29) is 0 Å². The fourth-order valence-corrected chi connectivity index (χ4v) is 1.86. The molecule has 0 aliphatic rings. The van der Waals surface area contributed by atoms with E-state index in [9.17, 15) is 0 Å². The lowest BCUT2D eigenvalue weighted by Crippen LogP contribution is -2.50. The van der Waals surface area contributed by atoms with Crippen molar-refractivity contribution in [1.29, 1.82) is 0 Å². The Hall–Kier alpha value is -0.0800. The first-order valence-electron chi connectivity index (χ1n) is 5.91. The van der Waals surface area contributed by atoms with Crippen molar-refractivity contribution in [3.63, 3.8) is 0 Å². The van der Waals surface area contributed by atoms with Crippen molar-refractivity contribution in [2.24, 2.45) is 11.7 Å². The van der Waals surface area contributed by atoms with Gasteiger partial charge in [-0.05, 0) is 33.1 Å². The number of nitrogens with zero attached hydrogens (tertiary/aromatic N) is 1. The fraction of sp³-hybridized carbons (Fsp3) is 1.00. The van der Waals surface area contributed by atoms with Gasteiger partial charge >= 0.3 is 0 Å². The predicted molar refractivity (Wildman–Crippen MR) is 64.4 cm³/mol. The molecular weight excluding hydrogens is 172 g/mol. The molecule has 0 aromatic carbocycles. The van der Waals surface area contributed by atoms with Crippen molar-refractivity contribution >= 4 is 0 Å². The van der Waals surface area contributed by atoms with Crippen LogP contribution in [0.5, 0.6) is 0 Å². The molecule has 0 saturated heterocycles. The van der Waals surface area contributed by atoms with Crippen molar-refractivity contribution in [3.05, 3.63) is 0 Å². The maximum atomic E-state index is 6.09. The van der Waals surface area contributed by atoms with Crippen LogP contribution in [-0.4, -0.2) is 29.6 Å². The largest absolute Gasteiger partial charge is 0.326 e. The molecule has 0 radical (unpaired) electrons. The van der Waals surface area contributed by atoms with Gasteiger partial charge in [-0.2, -0.15) is 0 Å². The van der Waals surface area contributed by atoms with Crippen LogP contribution in [0.3, 0.4) is 0 Å². The highest BCUT2D eigenvalue weighted by molar-refractivity contribution is 4.80. The third kappa shape index (κ3) is 4.43. The first-order chi connectivity index (χ1) is 6.40. The Balaban J connectivity index is 4.32. The van der Waals surface area contributed by atoms with E-state index in [1.165, 1.54) is 0 Å². The van der Waals surface area contributed by atoms with Gasteiger partial charge in [0, 0.05) is 24.7 Å². The van der Waals surface area contributed by atoms with Gasteiger partial charge in [0.15, 0.2) is 0 Å². The lowest BCUT2D eigenvalue weighted by atomic mass is 10.0. The van der Waals surface area contributed by atoms with Gasteiger partial charge in [-0.1, -0.05) is 20.8 Å². The van der Waals surface area contributed by atoms with Gasteiger partial charge < -0.3 is 5.73 Å². The van der Waals surface area contributed by atoms with Gasteiger partial charge in [-0.3, -0.25) is 4.90 Å². The zero-order valence-electron chi connectivity index (χ0n) is 10.7. The summed E-state index contributed by atoms with van der Waals surface area (Å²) in [6.07, 6.45) is 1.06. The Morgan fingerprint density at radius 2 is 1.57 bits per heavy atom. The standard InChI is InChI=1S/C12H28N2/c1-7-12(13)11(6)14(10(4)5)8-9(2)3/h9-12H,7-8,13H2,1-6H3. The molecule has 0 rings (SSSR count). The van der Waals surface area contributed by atoms with Crippen LogP contribution >= 0.6 is 0 Å². The molecule has 0 saturated carbocycles. The summed E-state index contributed by atoms with van der Waals surface area (Å²) in [7, 11) is 0. The van der Waals surface area contributed by atoms with Crippen LogP contribution < -0.4 is 5.73 Å². The number of rotatable bonds is 6. The molecule has 2 heteroatoms. The van der Waals surface area contributed by atoms with E-state index in [0.29, 0.717) is 24.0 Å². The van der Waals surface area contributed by atoms with E-state index in [4.69, 9.17) is 5.73 Å². The SMILES string of the molecule is CCC(N)C(C)N(CC(C)C)C(C)C. The van der Waals surface area contributed by atoms with Gasteiger partial charge in [-0.15, -0.1) is 0 Å². The molecule has 0 aliphatic carbocycles. The third-order valence-corrected chi connectivity index (χ3v) is 2.85. The van der Waals surface area contributed by atoms with Crippen molar-refractivity contribution in [2.45, 2.75) is 66.1 Å². The summed E-state index contributed by atoms with van der Waals surface area (Å²) in [5.41, 5.74) is 6.09. The fourth-order valence-electron chi connectivity index (χ4n) is 1.86. The van der Waals surface area contributed by atoms with Crippen LogP contribution in [0.2, 0.25) is 0 Å². The van der Waals surface area contributed by atoms with Crippen LogP contribution in [0.25, 0.3) is 0 Å². The maximum Gasteiger partial charge on any atom is 0.0221 e. The predicted octanol–water partition coefficient (Wildman–Crippen LogP) is 2.48. The maximum absolute atomic E-state index is 6.09. The van der Waals surface area contributed by atoms with Crippen molar-refractivity contribution in [3.8, 4) is 0 Å². The average Bonchev–Trinajstić information content (AvgIpc) is 2.11. The van der Waals surface area contributed by atoms with Crippen molar-refractivity contribution < 1.29 is 0 Å². The number of hydrogen-bond donors (Lipinski definition) is 1. The molecule has 0 aromatic rings. The number of nitrogens with two attached hydrogens (primary N) is 1. The minimum atomic E-state index is 0.302. The summed E-state index contributed by atoms with van der Waals surface area (Å²) >= 11 is 0. The highest BCUT2D eigenvalue weighted by Crippen LogP contribution is 2.12. The molecule has 2 nitrogen and oxygen atoms in total. The zero-order valence-corrected chi connectivity index (χ0v) is 10.7. The topological polar surface area (TPSA) is 29.3 Å². The molecule has 0 spiro atoms. The summed E-state index contributed by atoms with van der Waals surface area (Å²) in [5, 5.41) is 0. The summed E-state index contributed by atoms with van der Waals surface area (Å²) in [4.78, 5) is 2.51. The van der Waals surface area contributed by atoms with Gasteiger partial charge in [0.1, 0.15) is 0 Å². The third-order valence-electron chi connectivity index (χ3n) is 2.85. The van der Waals surface area contributed by atoms with E-state index in [1.54, 1.807) is 0 Å². The number of hydrogen-bond acceptors (Lipinski definition) is 2. The highest BCUT2D eigenvalue weighted by atomic mass is 15.2. The summed E-state index contributed by atoms with van der Waals surface area (Å²) in [5.74, 6) is 0.712. The van der Waals surface area contributed by atoms with E-state index >= 15 is 0 Å². The Kier molecular flexibility index (Phi) is 6.38. The quantitative estimate of drug-likeness (QED) is 0.714.